The Hall–Kier alpha value is -1.34. The van der Waals surface area contributed by atoms with Crippen molar-refractivity contribution in [1.82, 2.24) is 10.2 Å². The van der Waals surface area contributed by atoms with Crippen LogP contribution in [0.25, 0.3) is 0 Å². The number of halogens is 2. The molecule has 0 spiro atoms. The smallest absolute Gasteiger partial charge is 0.220 e. The minimum Gasteiger partial charge on any atom is -0.399 e. The van der Waals surface area contributed by atoms with Gasteiger partial charge in [0.1, 0.15) is 7.11 Å². The molecule has 1 amide bonds. The molecule has 138 valence electrons. The van der Waals surface area contributed by atoms with Crippen molar-refractivity contribution < 1.29 is 14.4 Å². The Morgan fingerprint density at radius 3 is 2.72 bits per heavy atom. The largest absolute Gasteiger partial charge is 0.399 e. The number of rotatable bonds is 8. The third-order valence-electron chi connectivity index (χ3n) is 3.90. The summed E-state index contributed by atoms with van der Waals surface area (Å²) in [4.78, 5) is 19.2. The molecule has 1 aliphatic rings. The summed E-state index contributed by atoms with van der Waals surface area (Å²) in [5.74, 6) is -0.0166. The van der Waals surface area contributed by atoms with E-state index in [2.05, 4.69) is 15.4 Å². The maximum absolute atomic E-state index is 12.0. The second-order valence-electron chi connectivity index (χ2n) is 5.65. The lowest BCUT2D eigenvalue weighted by Crippen LogP contribution is -2.41. The Kier molecular flexibility index (Phi) is 8.48. The van der Waals surface area contributed by atoms with E-state index in [9.17, 15) is 4.79 Å². The summed E-state index contributed by atoms with van der Waals surface area (Å²) < 4.78 is 5.30. The molecule has 6 nitrogen and oxygen atoms in total. The first-order chi connectivity index (χ1) is 12.1. The molecule has 2 rings (SSSR count). The van der Waals surface area contributed by atoms with Gasteiger partial charge in [-0.2, -0.15) is 0 Å². The maximum Gasteiger partial charge on any atom is 0.220 e. The zero-order valence-corrected chi connectivity index (χ0v) is 15.8. The maximum atomic E-state index is 12.0. The van der Waals surface area contributed by atoms with Crippen molar-refractivity contribution in [3.8, 4) is 0 Å². The van der Waals surface area contributed by atoms with Crippen LogP contribution >= 0.6 is 23.2 Å². The minimum absolute atomic E-state index is 0.0166. The highest BCUT2D eigenvalue weighted by Gasteiger charge is 2.12. The number of amides is 1. The molecular weight excluding hydrogens is 365 g/mol. The number of nitrogens with one attached hydrogen (secondary N) is 1. The molecule has 0 aromatic heterocycles. The van der Waals surface area contributed by atoms with E-state index in [0.717, 1.165) is 38.4 Å². The highest BCUT2D eigenvalue weighted by atomic mass is 35.5. The number of hydrogen-bond acceptors (Lipinski definition) is 5. The molecule has 0 atom stereocenters. The fourth-order valence-electron chi connectivity index (χ4n) is 2.53. The summed E-state index contributed by atoms with van der Waals surface area (Å²) in [5, 5.41) is 7.86. The average Bonchev–Trinajstić information content (AvgIpc) is 2.62. The summed E-state index contributed by atoms with van der Waals surface area (Å²) in [5.41, 5.74) is 1.45. The predicted octanol–water partition coefficient (Wildman–Crippen LogP) is 2.57. The van der Waals surface area contributed by atoms with E-state index in [1.165, 1.54) is 7.11 Å². The topological polar surface area (TPSA) is 63.2 Å². The van der Waals surface area contributed by atoms with Gasteiger partial charge in [-0.05, 0) is 12.1 Å². The van der Waals surface area contributed by atoms with Crippen molar-refractivity contribution in [2.24, 2.45) is 5.16 Å². The highest BCUT2D eigenvalue weighted by molar-refractivity contribution is 6.42. The van der Waals surface area contributed by atoms with Gasteiger partial charge in [0.05, 0.1) is 29.0 Å². The normalized spacial score (nSPS) is 15.9. The van der Waals surface area contributed by atoms with Gasteiger partial charge >= 0.3 is 0 Å². The molecule has 0 unspecified atom stereocenters. The van der Waals surface area contributed by atoms with Crippen LogP contribution < -0.4 is 5.32 Å². The first kappa shape index (κ1) is 20.0. The SMILES string of the molecule is CO/N=C(\CCC(=O)NCCN1CCOCC1)c1ccc(Cl)c(Cl)c1. The summed E-state index contributed by atoms with van der Waals surface area (Å²) in [6.07, 6.45) is 0.779. The molecule has 25 heavy (non-hydrogen) atoms. The number of hydrogen-bond donors (Lipinski definition) is 1. The zero-order valence-electron chi connectivity index (χ0n) is 14.3. The molecule has 1 aromatic carbocycles. The van der Waals surface area contributed by atoms with E-state index in [-0.39, 0.29) is 5.91 Å². The number of carbonyl (C=O) groups is 1. The summed E-state index contributed by atoms with van der Waals surface area (Å²) in [6.45, 7) is 4.81. The van der Waals surface area contributed by atoms with Crippen LogP contribution in [0.15, 0.2) is 23.4 Å². The number of morpholine rings is 1. The molecule has 8 heteroatoms. The van der Waals surface area contributed by atoms with Crippen LogP contribution in [0.5, 0.6) is 0 Å². The van der Waals surface area contributed by atoms with Gasteiger partial charge in [0, 0.05) is 44.6 Å². The fourth-order valence-corrected chi connectivity index (χ4v) is 2.83. The van der Waals surface area contributed by atoms with Gasteiger partial charge in [0.25, 0.3) is 0 Å². The van der Waals surface area contributed by atoms with Gasteiger partial charge in [0.2, 0.25) is 5.91 Å². The number of ether oxygens (including phenoxy) is 1. The van der Waals surface area contributed by atoms with Gasteiger partial charge in [-0.25, -0.2) is 0 Å². The molecule has 0 radical (unpaired) electrons. The third kappa shape index (κ3) is 6.82. The van der Waals surface area contributed by atoms with E-state index < -0.39 is 0 Å². The van der Waals surface area contributed by atoms with Gasteiger partial charge < -0.3 is 14.9 Å². The standard InChI is InChI=1S/C17H23Cl2N3O3/c1-24-21-16(13-2-3-14(18)15(19)12-13)4-5-17(23)20-6-7-22-8-10-25-11-9-22/h2-3,12H,4-11H2,1H3,(H,20,23)/b21-16+. The fraction of sp³-hybridized carbons (Fsp3) is 0.529. The molecular formula is C17H23Cl2N3O3. The van der Waals surface area contributed by atoms with E-state index in [4.69, 9.17) is 32.8 Å². The van der Waals surface area contributed by atoms with Crippen molar-refractivity contribution in [3.63, 3.8) is 0 Å². The number of benzene rings is 1. The van der Waals surface area contributed by atoms with E-state index >= 15 is 0 Å². The lowest BCUT2D eigenvalue weighted by molar-refractivity contribution is -0.121. The van der Waals surface area contributed by atoms with E-state index in [1.807, 2.05) is 6.07 Å². The van der Waals surface area contributed by atoms with E-state index in [1.54, 1.807) is 12.1 Å². The van der Waals surface area contributed by atoms with Crippen molar-refractivity contribution in [1.29, 1.82) is 0 Å². The quantitative estimate of drug-likeness (QED) is 0.549. The second-order valence-corrected chi connectivity index (χ2v) is 6.47. The Morgan fingerprint density at radius 2 is 2.04 bits per heavy atom. The van der Waals surface area contributed by atoms with Crippen LogP contribution in [0.3, 0.4) is 0 Å². The van der Waals surface area contributed by atoms with Crippen LogP contribution in [-0.2, 0) is 14.4 Å². The number of oxime groups is 1. The molecule has 1 N–H and O–H groups in total. The monoisotopic (exact) mass is 387 g/mol. The molecule has 1 fully saturated rings. The van der Waals surface area contributed by atoms with Crippen molar-refractivity contribution in [3.05, 3.63) is 33.8 Å². The minimum atomic E-state index is -0.0166. The van der Waals surface area contributed by atoms with E-state index in [0.29, 0.717) is 35.1 Å². The van der Waals surface area contributed by atoms with Crippen LogP contribution in [-0.4, -0.2) is 63.0 Å². The first-order valence-electron chi connectivity index (χ1n) is 8.22. The Morgan fingerprint density at radius 1 is 1.28 bits per heavy atom. The lowest BCUT2D eigenvalue weighted by Gasteiger charge is -2.26. The molecule has 0 aliphatic carbocycles. The molecule has 1 saturated heterocycles. The molecule has 1 aromatic rings. The molecule has 1 heterocycles. The van der Waals surface area contributed by atoms with Crippen molar-refractivity contribution in [2.45, 2.75) is 12.8 Å². The van der Waals surface area contributed by atoms with Gasteiger partial charge in [-0.3, -0.25) is 9.69 Å². The molecule has 1 aliphatic heterocycles. The molecule has 0 saturated carbocycles. The Labute approximate surface area is 158 Å². The Bertz CT molecular complexity index is 605. The predicted molar refractivity (Wildman–Crippen MR) is 99.5 cm³/mol. The summed E-state index contributed by atoms with van der Waals surface area (Å²) >= 11 is 12.0. The number of carbonyl (C=O) groups excluding carboxylic acids is 1. The van der Waals surface area contributed by atoms with Crippen LogP contribution in [0.4, 0.5) is 0 Å². The Balaban J connectivity index is 1.78. The second kappa shape index (κ2) is 10.6. The van der Waals surface area contributed by atoms with Crippen LogP contribution in [0, 0.1) is 0 Å². The summed E-state index contributed by atoms with van der Waals surface area (Å²) in [6, 6.07) is 5.23. The average molecular weight is 388 g/mol. The highest BCUT2D eigenvalue weighted by Crippen LogP contribution is 2.23. The van der Waals surface area contributed by atoms with Gasteiger partial charge in [-0.15, -0.1) is 0 Å². The molecule has 0 bridgehead atoms. The first-order valence-corrected chi connectivity index (χ1v) is 8.98. The third-order valence-corrected chi connectivity index (χ3v) is 4.64. The van der Waals surface area contributed by atoms with Gasteiger partial charge in [0.15, 0.2) is 0 Å². The van der Waals surface area contributed by atoms with Gasteiger partial charge in [-0.1, -0.05) is 34.4 Å². The zero-order chi connectivity index (χ0) is 18.1. The van der Waals surface area contributed by atoms with Crippen molar-refractivity contribution in [2.75, 3.05) is 46.5 Å². The lowest BCUT2D eigenvalue weighted by atomic mass is 10.1. The van der Waals surface area contributed by atoms with Crippen molar-refractivity contribution >= 4 is 34.8 Å². The number of nitrogens with zero attached hydrogens (tertiary/aromatic N) is 2. The summed E-state index contributed by atoms with van der Waals surface area (Å²) in [7, 11) is 1.47. The van der Waals surface area contributed by atoms with Crippen LogP contribution in [0.2, 0.25) is 10.0 Å². The van der Waals surface area contributed by atoms with Crippen LogP contribution in [0.1, 0.15) is 18.4 Å².